The minimum Gasteiger partial charge on any atom is -0.394 e. The third-order valence-electron chi connectivity index (χ3n) is 3.95. The van der Waals surface area contributed by atoms with Gasteiger partial charge in [-0.2, -0.15) is 0 Å². The molecule has 0 aliphatic carbocycles. The van der Waals surface area contributed by atoms with Crippen molar-refractivity contribution in [1.29, 1.82) is 0 Å². The Morgan fingerprint density at radius 3 is 2.68 bits per heavy atom. The molecule has 0 saturated heterocycles. The Labute approximate surface area is 164 Å². The molecule has 0 fully saturated rings. The summed E-state index contributed by atoms with van der Waals surface area (Å²) in [6.45, 7) is 0.590. The summed E-state index contributed by atoms with van der Waals surface area (Å²) < 4.78 is 0. The van der Waals surface area contributed by atoms with Crippen LogP contribution in [0, 0.1) is 0 Å². The van der Waals surface area contributed by atoms with Gasteiger partial charge in [0.1, 0.15) is 11.0 Å². The highest BCUT2D eigenvalue weighted by Gasteiger charge is 2.18. The molecule has 0 bridgehead atoms. The summed E-state index contributed by atoms with van der Waals surface area (Å²) >= 11 is 6.05. The zero-order chi connectivity index (χ0) is 20.3. The quantitative estimate of drug-likeness (QED) is 0.393. The first-order valence-electron chi connectivity index (χ1n) is 8.37. The molecule has 2 amide bonds. The molecule has 146 valence electrons. The molecular weight excluding hydrogens is 386 g/mol. The molecule has 0 aromatic carbocycles. The molecule has 3 rings (SSSR count). The lowest BCUT2D eigenvalue weighted by atomic mass is 10.2. The van der Waals surface area contributed by atoms with Crippen LogP contribution in [0.15, 0.2) is 30.5 Å². The first-order valence-corrected chi connectivity index (χ1v) is 8.75. The van der Waals surface area contributed by atoms with Crippen molar-refractivity contribution in [2.75, 3.05) is 18.5 Å². The highest BCUT2D eigenvalue weighted by Crippen LogP contribution is 2.28. The highest BCUT2D eigenvalue weighted by atomic mass is 35.5. The molecule has 5 N–H and O–H groups in total. The molecule has 0 saturated carbocycles. The number of aliphatic hydroxyl groups is 2. The molecule has 3 heterocycles. The van der Waals surface area contributed by atoms with Crippen LogP contribution in [0.2, 0.25) is 5.15 Å². The van der Waals surface area contributed by atoms with E-state index < -0.39 is 25.2 Å². The van der Waals surface area contributed by atoms with Crippen LogP contribution in [-0.2, 0) is 4.79 Å². The molecule has 3 aromatic rings. The van der Waals surface area contributed by atoms with E-state index in [1.807, 2.05) is 0 Å². The maximum Gasteiger partial charge on any atom is 0.253 e. The van der Waals surface area contributed by atoms with E-state index in [9.17, 15) is 19.8 Å². The second-order valence-electron chi connectivity index (χ2n) is 6.08. The smallest absolute Gasteiger partial charge is 0.253 e. The number of amides is 2. The lowest BCUT2D eigenvalue weighted by molar-refractivity contribution is -0.114. The number of nitrogens with zero attached hydrogens (tertiary/aromatic N) is 2. The molecule has 0 unspecified atom stereocenters. The normalized spacial score (nSPS) is 11.0. The van der Waals surface area contributed by atoms with E-state index in [1.165, 1.54) is 13.0 Å². The van der Waals surface area contributed by atoms with Crippen LogP contribution in [0.25, 0.3) is 22.3 Å². The lowest BCUT2D eigenvalue weighted by Gasteiger charge is -2.13. The molecular formula is C18H18ClN5O4. The number of carbonyl (C=O) groups excluding carboxylic acids is 2. The number of hydrogen-bond acceptors (Lipinski definition) is 6. The fourth-order valence-electron chi connectivity index (χ4n) is 2.67. The fraction of sp³-hybridized carbons (Fsp3) is 0.222. The zero-order valence-corrected chi connectivity index (χ0v) is 15.6. The number of hydrogen-bond donors (Lipinski definition) is 5. The Kier molecular flexibility index (Phi) is 5.88. The van der Waals surface area contributed by atoms with Gasteiger partial charge >= 0.3 is 0 Å². The van der Waals surface area contributed by atoms with Crippen molar-refractivity contribution in [2.24, 2.45) is 0 Å². The maximum absolute atomic E-state index is 12.6. The Bertz CT molecular complexity index is 1030. The van der Waals surface area contributed by atoms with Gasteiger partial charge < -0.3 is 25.8 Å². The Morgan fingerprint density at radius 1 is 1.25 bits per heavy atom. The van der Waals surface area contributed by atoms with Crippen LogP contribution < -0.4 is 10.6 Å². The number of fused-ring (bicyclic) bond motifs is 1. The molecule has 3 aromatic heterocycles. The summed E-state index contributed by atoms with van der Waals surface area (Å²) in [5.41, 5.74) is 2.51. The molecule has 0 radical (unpaired) electrons. The van der Waals surface area contributed by atoms with E-state index in [1.54, 1.807) is 24.4 Å². The SMILES string of the molecule is CC(=O)Nc1cc(-c2cc3nc(Cl)cc(C(=O)NC(CO)CO)c3[nH]2)ccn1. The van der Waals surface area contributed by atoms with E-state index in [-0.39, 0.29) is 16.6 Å². The number of pyridine rings is 2. The van der Waals surface area contributed by atoms with Gasteiger partial charge in [0.2, 0.25) is 5.91 Å². The van der Waals surface area contributed by atoms with Crippen LogP contribution in [0.3, 0.4) is 0 Å². The molecule has 9 nitrogen and oxygen atoms in total. The summed E-state index contributed by atoms with van der Waals surface area (Å²) in [6.07, 6.45) is 1.55. The Balaban J connectivity index is 2.02. The van der Waals surface area contributed by atoms with Crippen molar-refractivity contribution < 1.29 is 19.8 Å². The minimum atomic E-state index is -0.788. The molecule has 0 spiro atoms. The van der Waals surface area contributed by atoms with Crippen LogP contribution in [-0.4, -0.2) is 56.2 Å². The number of halogens is 1. The van der Waals surface area contributed by atoms with Crippen molar-refractivity contribution in [3.63, 3.8) is 0 Å². The molecule has 0 atom stereocenters. The van der Waals surface area contributed by atoms with E-state index in [2.05, 4.69) is 25.6 Å². The molecule has 10 heteroatoms. The summed E-state index contributed by atoms with van der Waals surface area (Å²) in [7, 11) is 0. The van der Waals surface area contributed by atoms with Crippen molar-refractivity contribution in [3.8, 4) is 11.3 Å². The number of rotatable bonds is 6. The van der Waals surface area contributed by atoms with Crippen LogP contribution in [0.1, 0.15) is 17.3 Å². The number of aromatic nitrogens is 3. The van der Waals surface area contributed by atoms with Gasteiger partial charge in [0.15, 0.2) is 0 Å². The third-order valence-corrected chi connectivity index (χ3v) is 4.15. The van der Waals surface area contributed by atoms with Gasteiger partial charge in [-0.25, -0.2) is 9.97 Å². The number of carbonyl (C=O) groups is 2. The fourth-order valence-corrected chi connectivity index (χ4v) is 2.87. The number of anilines is 1. The predicted octanol–water partition coefficient (Wildman–Crippen LogP) is 1.32. The zero-order valence-electron chi connectivity index (χ0n) is 14.9. The van der Waals surface area contributed by atoms with Crippen LogP contribution in [0.5, 0.6) is 0 Å². The van der Waals surface area contributed by atoms with Gasteiger partial charge in [0.25, 0.3) is 5.91 Å². The number of aromatic amines is 1. The molecule has 28 heavy (non-hydrogen) atoms. The van der Waals surface area contributed by atoms with E-state index in [4.69, 9.17) is 11.6 Å². The summed E-state index contributed by atoms with van der Waals surface area (Å²) in [5, 5.41) is 23.6. The third kappa shape index (κ3) is 4.28. The van der Waals surface area contributed by atoms with E-state index >= 15 is 0 Å². The standard InChI is InChI=1S/C18H18ClN5O4/c1-9(27)21-16-4-10(2-3-20-16)13-6-14-17(24-13)12(5-15(19)23-14)18(28)22-11(7-25)8-26/h2-6,11,24-26H,7-8H2,1H3,(H,22,28)(H,20,21,27). The van der Waals surface area contributed by atoms with Crippen LogP contribution in [0.4, 0.5) is 5.82 Å². The van der Waals surface area contributed by atoms with Gasteiger partial charge in [-0.05, 0) is 24.3 Å². The molecule has 0 aliphatic heterocycles. The van der Waals surface area contributed by atoms with E-state index in [0.29, 0.717) is 22.5 Å². The average Bonchev–Trinajstić information content (AvgIpc) is 3.08. The summed E-state index contributed by atoms with van der Waals surface area (Å²) in [6, 6.07) is 5.76. The highest BCUT2D eigenvalue weighted by molar-refractivity contribution is 6.30. The van der Waals surface area contributed by atoms with Gasteiger partial charge in [-0.3, -0.25) is 9.59 Å². The van der Waals surface area contributed by atoms with Crippen molar-refractivity contribution in [3.05, 3.63) is 41.2 Å². The Morgan fingerprint density at radius 2 is 2.00 bits per heavy atom. The topological polar surface area (TPSA) is 140 Å². The first-order chi connectivity index (χ1) is 13.4. The van der Waals surface area contributed by atoms with E-state index in [0.717, 1.165) is 5.56 Å². The van der Waals surface area contributed by atoms with Gasteiger partial charge in [0.05, 0.1) is 35.9 Å². The van der Waals surface area contributed by atoms with Crippen molar-refractivity contribution >= 4 is 40.3 Å². The van der Waals surface area contributed by atoms with Gasteiger partial charge in [-0.1, -0.05) is 11.6 Å². The van der Waals surface area contributed by atoms with Crippen LogP contribution >= 0.6 is 11.6 Å². The van der Waals surface area contributed by atoms with Gasteiger partial charge in [0, 0.05) is 24.4 Å². The summed E-state index contributed by atoms with van der Waals surface area (Å²) in [5.74, 6) is -0.359. The Hall–Kier alpha value is -3.01. The number of aliphatic hydroxyl groups excluding tert-OH is 2. The number of nitrogens with one attached hydrogen (secondary N) is 3. The van der Waals surface area contributed by atoms with Gasteiger partial charge in [-0.15, -0.1) is 0 Å². The minimum absolute atomic E-state index is 0.126. The van der Waals surface area contributed by atoms with Crippen molar-refractivity contribution in [1.82, 2.24) is 20.3 Å². The summed E-state index contributed by atoms with van der Waals surface area (Å²) in [4.78, 5) is 35.2. The molecule has 0 aliphatic rings. The lowest BCUT2D eigenvalue weighted by Crippen LogP contribution is -2.40. The average molecular weight is 404 g/mol. The van der Waals surface area contributed by atoms with Crippen molar-refractivity contribution in [2.45, 2.75) is 13.0 Å². The maximum atomic E-state index is 12.6. The number of H-pyrrole nitrogens is 1. The monoisotopic (exact) mass is 403 g/mol. The first kappa shape index (κ1) is 19.7. The second kappa shape index (κ2) is 8.34. The second-order valence-corrected chi connectivity index (χ2v) is 6.47. The largest absolute Gasteiger partial charge is 0.394 e. The predicted molar refractivity (Wildman–Crippen MR) is 104 cm³/mol.